The molecule has 2 aromatic carbocycles. The van der Waals surface area contributed by atoms with Crippen LogP contribution in [0.5, 0.6) is 5.75 Å². The van der Waals surface area contributed by atoms with Crippen molar-refractivity contribution < 1.29 is 23.9 Å². The van der Waals surface area contributed by atoms with Crippen molar-refractivity contribution >= 4 is 28.6 Å². The van der Waals surface area contributed by atoms with E-state index in [-0.39, 0.29) is 24.3 Å². The van der Waals surface area contributed by atoms with Crippen LogP contribution in [0.25, 0.3) is 10.9 Å². The molecule has 1 aromatic heterocycles. The van der Waals surface area contributed by atoms with Gasteiger partial charge in [-0.3, -0.25) is 29.6 Å². The second-order valence-electron chi connectivity index (χ2n) is 12.1. The van der Waals surface area contributed by atoms with Crippen LogP contribution < -0.4 is 10.1 Å². The van der Waals surface area contributed by atoms with E-state index in [1.807, 2.05) is 12.1 Å². The van der Waals surface area contributed by atoms with Crippen LogP contribution in [0.3, 0.4) is 0 Å². The first-order valence-corrected chi connectivity index (χ1v) is 15.0. The molecule has 1 N–H and O–H groups in total. The third-order valence-electron chi connectivity index (χ3n) is 9.34. The summed E-state index contributed by atoms with van der Waals surface area (Å²) in [5.41, 5.74) is 4.94. The Morgan fingerprint density at radius 3 is 2.71 bits per heavy atom. The van der Waals surface area contributed by atoms with Crippen LogP contribution >= 0.6 is 0 Å². The Morgan fingerprint density at radius 1 is 0.976 bits per heavy atom. The highest BCUT2D eigenvalue weighted by molar-refractivity contribution is 6.05. The summed E-state index contributed by atoms with van der Waals surface area (Å²) in [4.78, 5) is 45.8. The van der Waals surface area contributed by atoms with Crippen LogP contribution in [0.15, 0.2) is 48.5 Å². The van der Waals surface area contributed by atoms with E-state index in [1.165, 1.54) is 16.6 Å². The van der Waals surface area contributed by atoms with Gasteiger partial charge in [0.15, 0.2) is 0 Å². The Balaban J connectivity index is 0.954. The Bertz CT molecular complexity index is 1560. The molecule has 0 radical (unpaired) electrons. The fourth-order valence-corrected chi connectivity index (χ4v) is 7.05. The zero-order valence-corrected chi connectivity index (χ0v) is 23.9. The van der Waals surface area contributed by atoms with Gasteiger partial charge < -0.3 is 14.4 Å². The standard InChI is InChI=1S/C33H36N4O5/c1-41-24-5-3-22(15-24)29-9-4-21-14-20(2-8-28(21)34-29)17-36-13-12-26(19-36)42-25-6-7-27-23(16-25)18-37(33(27)40)30-10-11-31(38)35-32(30)39/h2,4,6-9,14,16,22,24,26,30H,3,5,10-13,15,17-19H2,1H3,(H,35,38,39)/t22-,24-,26?,30?/m1/s1. The fraction of sp³-hybridized carbons (Fsp3) is 0.455. The van der Waals surface area contributed by atoms with Crippen LogP contribution in [-0.4, -0.2) is 71.0 Å². The number of carbonyl (C=O) groups excluding carboxylic acids is 3. The number of ether oxygens (including phenoxy) is 2. The molecule has 9 nitrogen and oxygen atoms in total. The van der Waals surface area contributed by atoms with Crippen molar-refractivity contribution in [1.82, 2.24) is 20.1 Å². The summed E-state index contributed by atoms with van der Waals surface area (Å²) in [5, 5.41) is 3.52. The van der Waals surface area contributed by atoms with Gasteiger partial charge in [-0.05, 0) is 79.6 Å². The van der Waals surface area contributed by atoms with Gasteiger partial charge in [-0.2, -0.15) is 0 Å². The van der Waals surface area contributed by atoms with Crippen LogP contribution in [-0.2, 0) is 27.4 Å². The molecule has 0 bridgehead atoms. The number of hydrogen-bond donors (Lipinski definition) is 1. The number of nitrogens with zero attached hydrogens (tertiary/aromatic N) is 3. The fourth-order valence-electron chi connectivity index (χ4n) is 7.05. The molecule has 42 heavy (non-hydrogen) atoms. The van der Waals surface area contributed by atoms with Gasteiger partial charge in [-0.1, -0.05) is 12.1 Å². The predicted octanol–water partition coefficient (Wildman–Crippen LogP) is 3.93. The number of rotatable bonds is 7. The molecule has 1 aliphatic carbocycles. The number of carbonyl (C=O) groups is 3. The Kier molecular flexibility index (Phi) is 7.15. The SMILES string of the molecule is CO[C@@H]1CC[C@@H](c2ccc3cc(CN4CCC(Oc5ccc6c(c5)CN(C5CCC(=O)NC5=O)C6=O)C4)ccc3n2)C1. The topological polar surface area (TPSA) is 101 Å². The summed E-state index contributed by atoms with van der Waals surface area (Å²) in [6.45, 7) is 2.99. The lowest BCUT2D eigenvalue weighted by molar-refractivity contribution is -0.136. The molecule has 3 aliphatic heterocycles. The lowest BCUT2D eigenvalue weighted by Crippen LogP contribution is -2.52. The molecule has 3 amide bonds. The summed E-state index contributed by atoms with van der Waals surface area (Å²) in [6, 6.07) is 15.9. The summed E-state index contributed by atoms with van der Waals surface area (Å²) in [6.07, 6.45) is 5.25. The molecule has 3 aromatic rings. The summed E-state index contributed by atoms with van der Waals surface area (Å²) in [5.74, 6) is 0.375. The van der Waals surface area contributed by atoms with Crippen LogP contribution in [0, 0.1) is 0 Å². The molecular weight excluding hydrogens is 532 g/mol. The highest BCUT2D eigenvalue weighted by Crippen LogP contribution is 2.36. The van der Waals surface area contributed by atoms with Gasteiger partial charge >= 0.3 is 0 Å². The highest BCUT2D eigenvalue weighted by atomic mass is 16.5. The maximum Gasteiger partial charge on any atom is 0.255 e. The molecule has 2 saturated heterocycles. The number of pyridine rings is 1. The maximum atomic E-state index is 13.0. The second kappa shape index (κ2) is 11.1. The number of aromatic nitrogens is 1. The molecule has 4 aliphatic rings. The van der Waals surface area contributed by atoms with E-state index in [9.17, 15) is 14.4 Å². The van der Waals surface area contributed by atoms with Gasteiger partial charge in [-0.15, -0.1) is 0 Å². The molecule has 1 saturated carbocycles. The van der Waals surface area contributed by atoms with E-state index >= 15 is 0 Å². The first kappa shape index (κ1) is 27.0. The molecule has 3 fully saturated rings. The van der Waals surface area contributed by atoms with E-state index in [0.29, 0.717) is 30.6 Å². The minimum absolute atomic E-state index is 0.0680. The predicted molar refractivity (Wildman–Crippen MR) is 156 cm³/mol. The number of nitrogens with one attached hydrogen (secondary N) is 1. The number of piperidine rings is 1. The van der Waals surface area contributed by atoms with Crippen molar-refractivity contribution in [2.24, 2.45) is 0 Å². The van der Waals surface area contributed by atoms with Gasteiger partial charge in [0.05, 0.1) is 11.6 Å². The average molecular weight is 569 g/mol. The minimum Gasteiger partial charge on any atom is -0.489 e. The molecule has 9 heteroatoms. The molecular formula is C33H36N4O5. The number of fused-ring (bicyclic) bond motifs is 2. The van der Waals surface area contributed by atoms with Crippen molar-refractivity contribution in [2.75, 3.05) is 20.2 Å². The molecule has 7 rings (SSSR count). The number of hydrogen-bond acceptors (Lipinski definition) is 7. The zero-order chi connectivity index (χ0) is 28.8. The molecule has 2 unspecified atom stereocenters. The maximum absolute atomic E-state index is 13.0. The minimum atomic E-state index is -0.612. The summed E-state index contributed by atoms with van der Waals surface area (Å²) in [7, 11) is 1.80. The van der Waals surface area contributed by atoms with Crippen molar-refractivity contribution in [3.05, 3.63) is 70.9 Å². The molecule has 0 spiro atoms. The van der Waals surface area contributed by atoms with Crippen molar-refractivity contribution in [3.8, 4) is 5.75 Å². The average Bonchev–Trinajstić information content (AvgIpc) is 3.72. The van der Waals surface area contributed by atoms with E-state index in [1.54, 1.807) is 18.1 Å². The normalized spacial score (nSPS) is 26.2. The Hall–Kier alpha value is -3.82. The third-order valence-corrected chi connectivity index (χ3v) is 9.34. The molecule has 4 heterocycles. The lowest BCUT2D eigenvalue weighted by Gasteiger charge is -2.29. The van der Waals surface area contributed by atoms with Crippen molar-refractivity contribution in [3.63, 3.8) is 0 Å². The van der Waals surface area contributed by atoms with E-state index in [0.717, 1.165) is 62.1 Å². The quantitative estimate of drug-likeness (QED) is 0.431. The largest absolute Gasteiger partial charge is 0.489 e. The first-order chi connectivity index (χ1) is 20.4. The van der Waals surface area contributed by atoms with Gasteiger partial charge in [0, 0.05) is 62.3 Å². The molecule has 218 valence electrons. The Labute approximate surface area is 245 Å². The number of likely N-dealkylation sites (tertiary alicyclic amines) is 1. The van der Waals surface area contributed by atoms with Crippen LogP contribution in [0.4, 0.5) is 0 Å². The number of amides is 3. The van der Waals surface area contributed by atoms with E-state index in [4.69, 9.17) is 14.5 Å². The van der Waals surface area contributed by atoms with E-state index in [2.05, 4.69) is 40.5 Å². The second-order valence-corrected chi connectivity index (χ2v) is 12.1. The number of imide groups is 1. The number of methoxy groups -OCH3 is 1. The third kappa shape index (κ3) is 5.27. The molecule has 4 atom stereocenters. The van der Waals surface area contributed by atoms with Gasteiger partial charge in [0.25, 0.3) is 5.91 Å². The van der Waals surface area contributed by atoms with Gasteiger partial charge in [-0.25, -0.2) is 0 Å². The smallest absolute Gasteiger partial charge is 0.255 e. The van der Waals surface area contributed by atoms with Crippen LogP contribution in [0.1, 0.15) is 71.6 Å². The Morgan fingerprint density at radius 2 is 1.88 bits per heavy atom. The first-order valence-electron chi connectivity index (χ1n) is 15.0. The highest BCUT2D eigenvalue weighted by Gasteiger charge is 2.39. The van der Waals surface area contributed by atoms with Gasteiger partial charge in [0.1, 0.15) is 17.9 Å². The summed E-state index contributed by atoms with van der Waals surface area (Å²) >= 11 is 0. The van der Waals surface area contributed by atoms with Crippen molar-refractivity contribution in [2.45, 2.75) is 75.8 Å². The zero-order valence-electron chi connectivity index (χ0n) is 23.9. The lowest BCUT2D eigenvalue weighted by atomic mass is 10.0. The number of benzene rings is 2. The van der Waals surface area contributed by atoms with Crippen molar-refractivity contribution in [1.29, 1.82) is 0 Å². The summed E-state index contributed by atoms with van der Waals surface area (Å²) < 4.78 is 11.9. The van der Waals surface area contributed by atoms with Crippen LogP contribution in [0.2, 0.25) is 0 Å². The van der Waals surface area contributed by atoms with E-state index < -0.39 is 11.9 Å². The van der Waals surface area contributed by atoms with Gasteiger partial charge in [0.2, 0.25) is 11.8 Å². The monoisotopic (exact) mass is 568 g/mol.